The zero-order valence-electron chi connectivity index (χ0n) is 23.1. The number of rotatable bonds is 10. The van der Waals surface area contributed by atoms with Crippen LogP contribution in [-0.4, -0.2) is 5.78 Å². The maximum atomic E-state index is 13.2. The Balaban J connectivity index is 1.28. The third-order valence-corrected chi connectivity index (χ3v) is 10.2. The van der Waals surface area contributed by atoms with Gasteiger partial charge in [-0.1, -0.05) is 96.4 Å². The van der Waals surface area contributed by atoms with Crippen molar-refractivity contribution in [1.82, 2.24) is 0 Å². The third kappa shape index (κ3) is 7.11. The normalized spacial score (nSPS) is 30.7. The fourth-order valence-corrected chi connectivity index (χ4v) is 7.73. The van der Waals surface area contributed by atoms with Gasteiger partial charge in [-0.05, 0) is 104 Å². The van der Waals surface area contributed by atoms with Crippen LogP contribution in [0.3, 0.4) is 0 Å². The van der Waals surface area contributed by atoms with E-state index >= 15 is 0 Å². The van der Waals surface area contributed by atoms with Crippen molar-refractivity contribution >= 4 is 11.4 Å². The molecular formula is C34H52O. The lowest BCUT2D eigenvalue weighted by atomic mass is 9.68. The molecule has 1 aromatic carbocycles. The number of unbranched alkanes of at least 4 members (excludes halogenated alkanes) is 2. The minimum absolute atomic E-state index is 0.248. The number of allylic oxidation sites excluding steroid dienone is 2. The van der Waals surface area contributed by atoms with Crippen LogP contribution in [0, 0.1) is 29.6 Å². The van der Waals surface area contributed by atoms with E-state index in [0.717, 1.165) is 36.5 Å². The minimum atomic E-state index is 0.248. The smallest absolute Gasteiger partial charge is 0.159 e. The molecule has 0 N–H and O–H groups in total. The largest absolute Gasteiger partial charge is 0.295 e. The molecule has 2 atom stereocenters. The number of ketones is 1. The summed E-state index contributed by atoms with van der Waals surface area (Å²) in [6.45, 7) is 7.00. The lowest BCUT2D eigenvalue weighted by molar-refractivity contribution is -0.121. The lowest BCUT2D eigenvalue weighted by Gasteiger charge is -2.36. The summed E-state index contributed by atoms with van der Waals surface area (Å²) in [5.74, 6) is 4.61. The molecule has 2 unspecified atom stereocenters. The summed E-state index contributed by atoms with van der Waals surface area (Å²) in [5, 5.41) is 0. The summed E-state index contributed by atoms with van der Waals surface area (Å²) in [7, 11) is 0. The maximum absolute atomic E-state index is 13.2. The molecule has 0 aromatic heterocycles. The van der Waals surface area contributed by atoms with Crippen molar-refractivity contribution in [2.45, 2.75) is 129 Å². The highest BCUT2D eigenvalue weighted by atomic mass is 16.1. The Morgan fingerprint density at radius 1 is 0.771 bits per heavy atom. The van der Waals surface area contributed by atoms with E-state index in [2.05, 4.69) is 45.0 Å². The van der Waals surface area contributed by atoms with Gasteiger partial charge in [-0.25, -0.2) is 0 Å². The van der Waals surface area contributed by atoms with Crippen LogP contribution < -0.4 is 0 Å². The van der Waals surface area contributed by atoms with Crippen molar-refractivity contribution in [2.75, 3.05) is 0 Å². The maximum Gasteiger partial charge on any atom is 0.159 e. The van der Waals surface area contributed by atoms with E-state index in [-0.39, 0.29) is 5.92 Å². The van der Waals surface area contributed by atoms with Gasteiger partial charge in [0.05, 0.1) is 0 Å². The lowest BCUT2D eigenvalue weighted by Crippen LogP contribution is -2.31. The number of hydrogen-bond donors (Lipinski definition) is 0. The molecule has 2 saturated carbocycles. The van der Waals surface area contributed by atoms with Crippen LogP contribution in [0.2, 0.25) is 0 Å². The number of carbonyl (C=O) groups is 1. The Hall–Kier alpha value is -1.37. The van der Waals surface area contributed by atoms with E-state index in [9.17, 15) is 4.79 Å². The average molecular weight is 477 g/mol. The SMILES string of the molecule is CCCCC[C@H]1CC[C@H](C(C)C2CCC(c3ccc([C@H]4CC[C@H](CCC)CC4)cc3)=CC2=O)CC1. The highest BCUT2D eigenvalue weighted by molar-refractivity contribution is 6.00. The molecule has 1 heteroatoms. The van der Waals surface area contributed by atoms with Crippen molar-refractivity contribution in [3.05, 3.63) is 41.5 Å². The van der Waals surface area contributed by atoms with Crippen LogP contribution in [0.4, 0.5) is 0 Å². The zero-order chi connectivity index (χ0) is 24.6. The van der Waals surface area contributed by atoms with E-state index in [4.69, 9.17) is 0 Å². The molecule has 0 spiro atoms. The first-order valence-corrected chi connectivity index (χ1v) is 15.4. The molecular weight excluding hydrogens is 424 g/mol. The summed E-state index contributed by atoms with van der Waals surface area (Å²) >= 11 is 0. The first-order chi connectivity index (χ1) is 17.1. The summed E-state index contributed by atoms with van der Waals surface area (Å²) < 4.78 is 0. The van der Waals surface area contributed by atoms with Gasteiger partial charge >= 0.3 is 0 Å². The summed E-state index contributed by atoms with van der Waals surface area (Å²) in [4.78, 5) is 13.2. The molecule has 3 aliphatic carbocycles. The van der Waals surface area contributed by atoms with Crippen LogP contribution in [0.1, 0.15) is 141 Å². The molecule has 0 amide bonds. The highest BCUT2D eigenvalue weighted by Gasteiger charge is 2.34. The standard InChI is InChI=1S/C34H52O/c1-4-6-7-9-27-10-14-28(15-11-27)25(3)33-23-22-32(24-34(33)35)31-20-18-30(19-21-31)29-16-12-26(8-5-2)13-17-29/h18-21,24-29,33H,4-17,22-23H2,1-3H3/t25?,26-,27-,28-,29-,33?. The first kappa shape index (κ1) is 26.7. The second-order valence-electron chi connectivity index (χ2n) is 12.5. The van der Waals surface area contributed by atoms with Gasteiger partial charge < -0.3 is 0 Å². The second kappa shape index (κ2) is 13.3. The molecule has 0 bridgehead atoms. The van der Waals surface area contributed by atoms with Crippen LogP contribution in [0.15, 0.2) is 30.3 Å². The van der Waals surface area contributed by atoms with Gasteiger partial charge in [-0.15, -0.1) is 0 Å². The van der Waals surface area contributed by atoms with E-state index in [1.165, 1.54) is 107 Å². The van der Waals surface area contributed by atoms with Crippen molar-refractivity contribution in [1.29, 1.82) is 0 Å². The van der Waals surface area contributed by atoms with Crippen LogP contribution in [-0.2, 0) is 4.79 Å². The number of benzene rings is 1. The number of carbonyl (C=O) groups excluding carboxylic acids is 1. The Morgan fingerprint density at radius 3 is 2.06 bits per heavy atom. The predicted octanol–water partition coefficient (Wildman–Crippen LogP) is 10.1. The average Bonchev–Trinajstić information content (AvgIpc) is 2.90. The van der Waals surface area contributed by atoms with Crippen LogP contribution >= 0.6 is 0 Å². The Bertz CT molecular complexity index is 801. The molecule has 4 rings (SSSR count). The topological polar surface area (TPSA) is 17.1 Å². The van der Waals surface area contributed by atoms with E-state index in [0.29, 0.717) is 11.7 Å². The van der Waals surface area contributed by atoms with E-state index in [1.807, 2.05) is 6.08 Å². The predicted molar refractivity (Wildman–Crippen MR) is 151 cm³/mol. The Kier molecular flexibility index (Phi) is 10.1. The molecule has 0 saturated heterocycles. The summed E-state index contributed by atoms with van der Waals surface area (Å²) in [6.07, 6.45) is 23.4. The van der Waals surface area contributed by atoms with Gasteiger partial charge in [0.25, 0.3) is 0 Å². The Morgan fingerprint density at radius 2 is 1.43 bits per heavy atom. The molecule has 0 heterocycles. The molecule has 1 nitrogen and oxygen atoms in total. The van der Waals surface area contributed by atoms with Crippen molar-refractivity contribution in [2.24, 2.45) is 29.6 Å². The van der Waals surface area contributed by atoms with Gasteiger partial charge in [0, 0.05) is 5.92 Å². The van der Waals surface area contributed by atoms with Crippen molar-refractivity contribution in [3.8, 4) is 0 Å². The van der Waals surface area contributed by atoms with E-state index < -0.39 is 0 Å². The third-order valence-electron chi connectivity index (χ3n) is 10.2. The fraction of sp³-hybridized carbons (Fsp3) is 0.735. The monoisotopic (exact) mass is 476 g/mol. The van der Waals surface area contributed by atoms with Gasteiger partial charge in [0.1, 0.15) is 0 Å². The highest BCUT2D eigenvalue weighted by Crippen LogP contribution is 2.42. The Labute approximate surface area is 216 Å². The molecule has 35 heavy (non-hydrogen) atoms. The molecule has 2 fully saturated rings. The van der Waals surface area contributed by atoms with E-state index in [1.54, 1.807) is 0 Å². The van der Waals surface area contributed by atoms with Gasteiger partial charge in [-0.3, -0.25) is 4.79 Å². The molecule has 3 aliphatic rings. The molecule has 0 aliphatic heterocycles. The minimum Gasteiger partial charge on any atom is -0.295 e. The quantitative estimate of drug-likeness (QED) is 0.307. The van der Waals surface area contributed by atoms with Crippen LogP contribution in [0.25, 0.3) is 5.57 Å². The molecule has 1 aromatic rings. The van der Waals surface area contributed by atoms with Gasteiger partial charge in [-0.2, -0.15) is 0 Å². The van der Waals surface area contributed by atoms with Gasteiger partial charge in [0.15, 0.2) is 5.78 Å². The van der Waals surface area contributed by atoms with Crippen molar-refractivity contribution < 1.29 is 4.79 Å². The number of hydrogen-bond acceptors (Lipinski definition) is 1. The summed E-state index contributed by atoms with van der Waals surface area (Å²) in [6, 6.07) is 9.32. The fourth-order valence-electron chi connectivity index (χ4n) is 7.73. The second-order valence-corrected chi connectivity index (χ2v) is 12.5. The zero-order valence-corrected chi connectivity index (χ0v) is 23.1. The first-order valence-electron chi connectivity index (χ1n) is 15.4. The van der Waals surface area contributed by atoms with Crippen LogP contribution in [0.5, 0.6) is 0 Å². The van der Waals surface area contributed by atoms with Crippen molar-refractivity contribution in [3.63, 3.8) is 0 Å². The molecule has 0 radical (unpaired) electrons. The molecule has 194 valence electrons. The summed E-state index contributed by atoms with van der Waals surface area (Å²) in [5.41, 5.74) is 4.07. The van der Waals surface area contributed by atoms with Gasteiger partial charge in [0.2, 0.25) is 0 Å².